The summed E-state index contributed by atoms with van der Waals surface area (Å²) in [4.78, 5) is 31.1. The van der Waals surface area contributed by atoms with Crippen LogP contribution in [-0.4, -0.2) is 48.9 Å². The van der Waals surface area contributed by atoms with E-state index in [2.05, 4.69) is 22.1 Å². The number of ether oxygens (including phenoxy) is 2. The number of aromatic amines is 1. The van der Waals surface area contributed by atoms with Crippen molar-refractivity contribution >= 4 is 23.6 Å². The minimum Gasteiger partial charge on any atom is -0.392 e. The SMILES string of the molecule is C[C@H]1[C@@H](CSc2ncn[nH]2)O[C@@H](c2ccc(CN3C(=O)c4ccccc4C3=O)cc2)O[C@H]1c1ccc(CO)cc1. The molecule has 0 spiro atoms. The van der Waals surface area contributed by atoms with Crippen molar-refractivity contribution in [2.24, 2.45) is 5.92 Å². The Balaban J connectivity index is 1.20. The van der Waals surface area contributed by atoms with Crippen molar-refractivity contribution in [3.63, 3.8) is 0 Å². The Morgan fingerprint density at radius 2 is 1.55 bits per heavy atom. The van der Waals surface area contributed by atoms with Gasteiger partial charge in [-0.05, 0) is 28.8 Å². The lowest BCUT2D eigenvalue weighted by Crippen LogP contribution is -2.38. The summed E-state index contributed by atoms with van der Waals surface area (Å²) in [5, 5.41) is 17.0. The summed E-state index contributed by atoms with van der Waals surface area (Å²) in [6.07, 6.45) is 0.487. The van der Waals surface area contributed by atoms with Gasteiger partial charge in [-0.2, -0.15) is 5.10 Å². The van der Waals surface area contributed by atoms with E-state index in [4.69, 9.17) is 9.47 Å². The van der Waals surface area contributed by atoms with E-state index in [9.17, 15) is 14.7 Å². The van der Waals surface area contributed by atoms with Crippen molar-refractivity contribution in [2.45, 2.75) is 43.7 Å². The maximum atomic E-state index is 12.8. The number of aliphatic hydroxyl groups is 1. The number of nitrogens with one attached hydrogen (secondary N) is 1. The van der Waals surface area contributed by atoms with Crippen LogP contribution in [0.5, 0.6) is 0 Å². The molecule has 2 N–H and O–H groups in total. The van der Waals surface area contributed by atoms with E-state index in [0.717, 1.165) is 27.4 Å². The fourth-order valence-corrected chi connectivity index (χ4v) is 6.02. The average Bonchev–Trinajstić information content (AvgIpc) is 3.60. The van der Waals surface area contributed by atoms with Gasteiger partial charge in [-0.15, -0.1) is 0 Å². The summed E-state index contributed by atoms with van der Waals surface area (Å²) in [6.45, 7) is 2.28. The third-order valence-electron chi connectivity index (χ3n) is 7.37. The Kier molecular flexibility index (Phi) is 7.48. The first kappa shape index (κ1) is 26.4. The summed E-state index contributed by atoms with van der Waals surface area (Å²) in [5.74, 6) is 0.137. The maximum absolute atomic E-state index is 12.8. The molecule has 4 atom stereocenters. The number of thioether (sulfide) groups is 1. The van der Waals surface area contributed by atoms with E-state index >= 15 is 0 Å². The molecule has 10 heteroatoms. The van der Waals surface area contributed by atoms with E-state index in [1.807, 2.05) is 48.5 Å². The van der Waals surface area contributed by atoms with E-state index < -0.39 is 6.29 Å². The number of imide groups is 1. The highest BCUT2D eigenvalue weighted by molar-refractivity contribution is 7.99. The number of rotatable bonds is 8. The van der Waals surface area contributed by atoms with Crippen LogP contribution >= 0.6 is 11.8 Å². The number of carbonyl (C=O) groups is 2. The van der Waals surface area contributed by atoms with Crippen molar-refractivity contribution in [3.8, 4) is 0 Å². The number of aromatic nitrogens is 3. The Hall–Kier alpha value is -3.83. The molecule has 1 saturated heterocycles. The third-order valence-corrected chi connectivity index (χ3v) is 8.34. The minimum absolute atomic E-state index is 0.0173. The number of amides is 2. The molecule has 3 heterocycles. The molecule has 4 aromatic rings. The van der Waals surface area contributed by atoms with Crippen LogP contribution in [-0.2, 0) is 22.6 Å². The zero-order chi connectivity index (χ0) is 27.6. The highest BCUT2D eigenvalue weighted by Crippen LogP contribution is 2.43. The molecule has 1 aromatic heterocycles. The van der Waals surface area contributed by atoms with Crippen molar-refractivity contribution in [1.29, 1.82) is 0 Å². The molecule has 1 fully saturated rings. The minimum atomic E-state index is -0.618. The largest absolute Gasteiger partial charge is 0.392 e. The zero-order valence-corrected chi connectivity index (χ0v) is 22.6. The fraction of sp³-hybridized carbons (Fsp3) is 0.267. The van der Waals surface area contributed by atoms with Gasteiger partial charge < -0.3 is 14.6 Å². The van der Waals surface area contributed by atoms with Crippen LogP contribution in [0, 0.1) is 5.92 Å². The van der Waals surface area contributed by atoms with Crippen LogP contribution in [0.25, 0.3) is 0 Å². The number of carbonyl (C=O) groups excluding carboxylic acids is 2. The molecule has 0 bridgehead atoms. The molecule has 0 saturated carbocycles. The molecule has 40 heavy (non-hydrogen) atoms. The van der Waals surface area contributed by atoms with Crippen molar-refractivity contribution in [3.05, 3.63) is 113 Å². The quantitative estimate of drug-likeness (QED) is 0.237. The molecule has 9 nitrogen and oxygen atoms in total. The number of nitrogens with zero attached hydrogens (tertiary/aromatic N) is 3. The predicted octanol–water partition coefficient (Wildman–Crippen LogP) is 4.68. The first-order chi connectivity index (χ1) is 19.5. The Bertz CT molecular complexity index is 1460. The molecule has 0 unspecified atom stereocenters. The molecular formula is C30H28N4O5S. The van der Waals surface area contributed by atoms with Gasteiger partial charge in [0, 0.05) is 17.2 Å². The van der Waals surface area contributed by atoms with E-state index in [0.29, 0.717) is 16.9 Å². The number of benzene rings is 3. The second-order valence-corrected chi connectivity index (χ2v) is 10.9. The lowest BCUT2D eigenvalue weighted by atomic mass is 9.91. The summed E-state index contributed by atoms with van der Waals surface area (Å²) < 4.78 is 13.0. The maximum Gasteiger partial charge on any atom is 0.261 e. The monoisotopic (exact) mass is 556 g/mol. The summed E-state index contributed by atoms with van der Waals surface area (Å²) in [6, 6.07) is 22.3. The number of hydrogen-bond acceptors (Lipinski definition) is 8. The van der Waals surface area contributed by atoms with Crippen LogP contribution in [0.3, 0.4) is 0 Å². The highest BCUT2D eigenvalue weighted by atomic mass is 32.2. The van der Waals surface area contributed by atoms with Crippen LogP contribution < -0.4 is 0 Å². The van der Waals surface area contributed by atoms with E-state index in [1.165, 1.54) is 11.2 Å². The lowest BCUT2D eigenvalue weighted by Gasteiger charge is -2.41. The molecule has 0 radical (unpaired) electrons. The number of aliphatic hydroxyl groups excluding tert-OH is 1. The van der Waals surface area contributed by atoms with Crippen molar-refractivity contribution in [1.82, 2.24) is 20.1 Å². The molecule has 2 aliphatic rings. The van der Waals surface area contributed by atoms with Crippen LogP contribution in [0.4, 0.5) is 0 Å². The van der Waals surface area contributed by atoms with Crippen LogP contribution in [0.2, 0.25) is 0 Å². The summed E-state index contributed by atoms with van der Waals surface area (Å²) in [5.41, 5.74) is 4.39. The van der Waals surface area contributed by atoms with Gasteiger partial charge in [-0.25, -0.2) is 4.98 Å². The topological polar surface area (TPSA) is 118 Å². The summed E-state index contributed by atoms with van der Waals surface area (Å²) >= 11 is 1.54. The van der Waals surface area contributed by atoms with Crippen molar-refractivity contribution in [2.75, 3.05) is 5.75 Å². The van der Waals surface area contributed by atoms with Gasteiger partial charge in [-0.3, -0.25) is 19.6 Å². The molecule has 0 aliphatic carbocycles. The van der Waals surface area contributed by atoms with Gasteiger partial charge in [0.2, 0.25) is 0 Å². The standard InChI is InChI=1S/C30H28N4O5S/c1-18-25(16-40-30-31-17-32-33-30)38-29(39-26(18)21-10-8-20(15-35)9-11-21)22-12-6-19(7-13-22)14-34-27(36)23-4-2-3-5-24(23)28(34)37/h2-13,17-18,25-26,29,35H,14-16H2,1H3,(H,31,32,33)/t18-,25+,26+,29+/m0/s1. The van der Waals surface area contributed by atoms with Gasteiger partial charge in [-0.1, -0.05) is 79.3 Å². The van der Waals surface area contributed by atoms with Gasteiger partial charge >= 0.3 is 0 Å². The van der Waals surface area contributed by atoms with E-state index in [1.54, 1.807) is 36.0 Å². The lowest BCUT2D eigenvalue weighted by molar-refractivity contribution is -0.268. The summed E-state index contributed by atoms with van der Waals surface area (Å²) in [7, 11) is 0. The Morgan fingerprint density at radius 1 is 0.900 bits per heavy atom. The second-order valence-electron chi connectivity index (χ2n) is 9.91. The number of hydrogen-bond donors (Lipinski definition) is 2. The Labute approximate surface area is 235 Å². The van der Waals surface area contributed by atoms with Crippen LogP contribution in [0.1, 0.15) is 62.3 Å². The molecular weight excluding hydrogens is 528 g/mol. The molecule has 2 aliphatic heterocycles. The third kappa shape index (κ3) is 5.18. The van der Waals surface area contributed by atoms with Gasteiger partial charge in [0.15, 0.2) is 11.4 Å². The number of H-pyrrole nitrogens is 1. The zero-order valence-electron chi connectivity index (χ0n) is 21.8. The number of fused-ring (bicyclic) bond motifs is 1. The first-order valence-electron chi connectivity index (χ1n) is 13.0. The highest BCUT2D eigenvalue weighted by Gasteiger charge is 2.39. The smallest absolute Gasteiger partial charge is 0.261 e. The van der Waals surface area contributed by atoms with Gasteiger partial charge in [0.1, 0.15) is 6.33 Å². The molecule has 3 aromatic carbocycles. The molecule has 204 valence electrons. The molecule has 6 rings (SSSR count). The predicted molar refractivity (Wildman–Crippen MR) is 147 cm³/mol. The first-order valence-corrected chi connectivity index (χ1v) is 14.0. The van der Waals surface area contributed by atoms with Gasteiger partial charge in [0.25, 0.3) is 11.8 Å². The Morgan fingerprint density at radius 3 is 2.17 bits per heavy atom. The van der Waals surface area contributed by atoms with E-state index in [-0.39, 0.29) is 43.1 Å². The van der Waals surface area contributed by atoms with Gasteiger partial charge in [0.05, 0.1) is 36.5 Å². The fourth-order valence-electron chi connectivity index (χ4n) is 5.08. The second kappa shape index (κ2) is 11.3. The van der Waals surface area contributed by atoms with Crippen molar-refractivity contribution < 1.29 is 24.2 Å². The van der Waals surface area contributed by atoms with Crippen LogP contribution in [0.15, 0.2) is 84.3 Å². The normalized spacial score (nSPS) is 22.5. The average molecular weight is 557 g/mol. The molecule has 2 amide bonds.